The quantitative estimate of drug-likeness (QED) is 0.275. The first kappa shape index (κ1) is 24.3. The molecule has 0 spiro atoms. The number of carbonyl (C=O) groups is 1. The number of nitrogens with one attached hydrogen (secondary N) is 1. The molecule has 1 amide bonds. The van der Waals surface area contributed by atoms with E-state index in [4.69, 9.17) is 4.74 Å². The van der Waals surface area contributed by atoms with Gasteiger partial charge in [-0.05, 0) is 84.7 Å². The van der Waals surface area contributed by atoms with Crippen LogP contribution in [0.15, 0.2) is 81.1 Å². The molecule has 4 rings (SSSR count). The predicted octanol–water partition coefficient (Wildman–Crippen LogP) is 8.23. The third kappa shape index (κ3) is 5.98. The maximum absolute atomic E-state index is 13.8. The lowest BCUT2D eigenvalue weighted by Crippen LogP contribution is -2.27. The average Bonchev–Trinajstić information content (AvgIpc) is 3.04. The van der Waals surface area contributed by atoms with E-state index < -0.39 is 23.3 Å². The highest BCUT2D eigenvalue weighted by molar-refractivity contribution is 9.10. The summed E-state index contributed by atoms with van der Waals surface area (Å²) in [6, 6.07) is 16.9. The predicted molar refractivity (Wildman–Crippen MR) is 136 cm³/mol. The van der Waals surface area contributed by atoms with Crippen LogP contribution in [0.3, 0.4) is 0 Å². The maximum atomic E-state index is 13.8. The molecule has 0 aliphatic rings. The molecule has 1 N–H and O–H groups in total. The van der Waals surface area contributed by atoms with Crippen LogP contribution in [-0.2, 0) is 11.3 Å². The van der Waals surface area contributed by atoms with E-state index in [0.717, 1.165) is 31.2 Å². The van der Waals surface area contributed by atoms with Gasteiger partial charge in [0.1, 0.15) is 17.2 Å². The minimum atomic E-state index is -0.624. The Morgan fingerprint density at radius 1 is 1.03 bits per heavy atom. The van der Waals surface area contributed by atoms with E-state index in [0.29, 0.717) is 11.3 Å². The van der Waals surface area contributed by atoms with E-state index in [9.17, 15) is 13.6 Å². The van der Waals surface area contributed by atoms with Gasteiger partial charge in [0.2, 0.25) is 0 Å². The molecule has 0 fully saturated rings. The Morgan fingerprint density at radius 2 is 1.74 bits per heavy atom. The van der Waals surface area contributed by atoms with Crippen LogP contribution in [0.1, 0.15) is 26.3 Å². The lowest BCUT2D eigenvalue weighted by Gasteiger charge is -2.19. The number of anilines is 1. The average molecular weight is 545 g/mol. The number of fused-ring (bicyclic) bond motifs is 1. The highest BCUT2D eigenvalue weighted by Crippen LogP contribution is 2.39. The molecule has 1 heterocycles. The number of aromatic nitrogens is 1. The molecule has 1 aromatic heterocycles. The molecule has 0 bridgehead atoms. The van der Waals surface area contributed by atoms with Gasteiger partial charge in [0, 0.05) is 44.1 Å². The Labute approximate surface area is 209 Å². The van der Waals surface area contributed by atoms with Crippen molar-refractivity contribution in [3.8, 4) is 0 Å². The first-order valence-corrected chi connectivity index (χ1v) is 12.2. The summed E-state index contributed by atoms with van der Waals surface area (Å²) in [5.74, 6) is -1.25. The topological polar surface area (TPSA) is 43.3 Å². The van der Waals surface area contributed by atoms with Crippen LogP contribution in [0.4, 0.5) is 19.3 Å². The zero-order valence-electron chi connectivity index (χ0n) is 18.9. The van der Waals surface area contributed by atoms with Crippen molar-refractivity contribution < 1.29 is 18.3 Å². The molecule has 0 saturated carbocycles. The fraction of sp³-hybridized carbons (Fsp3) is 0.192. The monoisotopic (exact) mass is 544 g/mol. The van der Waals surface area contributed by atoms with Gasteiger partial charge in [-0.25, -0.2) is 13.6 Å². The zero-order chi connectivity index (χ0) is 24.5. The van der Waals surface area contributed by atoms with Crippen molar-refractivity contribution in [3.05, 3.63) is 88.5 Å². The van der Waals surface area contributed by atoms with Crippen LogP contribution < -0.4 is 5.32 Å². The molecular weight excluding hydrogens is 522 g/mol. The van der Waals surface area contributed by atoms with Gasteiger partial charge in [0.25, 0.3) is 0 Å². The molecule has 0 radical (unpaired) electrons. The molecule has 0 unspecified atom stereocenters. The third-order valence-corrected chi connectivity index (χ3v) is 6.90. The van der Waals surface area contributed by atoms with E-state index in [-0.39, 0.29) is 6.54 Å². The van der Waals surface area contributed by atoms with E-state index in [1.165, 1.54) is 12.1 Å². The summed E-state index contributed by atoms with van der Waals surface area (Å²) in [4.78, 5) is 14.3. The van der Waals surface area contributed by atoms with E-state index >= 15 is 0 Å². The van der Waals surface area contributed by atoms with Gasteiger partial charge in [-0.1, -0.05) is 23.9 Å². The van der Waals surface area contributed by atoms with Gasteiger partial charge in [-0.15, -0.1) is 0 Å². The molecule has 8 heteroatoms. The second-order valence-electron chi connectivity index (χ2n) is 8.79. The lowest BCUT2D eigenvalue weighted by atomic mass is 10.2. The maximum Gasteiger partial charge on any atom is 0.412 e. The summed E-state index contributed by atoms with van der Waals surface area (Å²) in [5, 5.41) is 3.71. The van der Waals surface area contributed by atoms with Crippen LogP contribution >= 0.6 is 27.7 Å². The zero-order valence-corrected chi connectivity index (χ0v) is 21.3. The first-order chi connectivity index (χ1) is 16.1. The molecule has 34 heavy (non-hydrogen) atoms. The molecule has 4 aromatic rings. The second kappa shape index (κ2) is 9.80. The van der Waals surface area contributed by atoms with Crippen molar-refractivity contribution >= 4 is 50.4 Å². The summed E-state index contributed by atoms with van der Waals surface area (Å²) in [6.45, 7) is 5.65. The summed E-state index contributed by atoms with van der Waals surface area (Å²) >= 11 is 5.17. The summed E-state index contributed by atoms with van der Waals surface area (Å²) in [7, 11) is 0. The molecule has 0 atom stereocenters. The van der Waals surface area contributed by atoms with Crippen molar-refractivity contribution in [1.29, 1.82) is 0 Å². The van der Waals surface area contributed by atoms with Crippen molar-refractivity contribution in [2.45, 2.75) is 42.7 Å². The summed E-state index contributed by atoms with van der Waals surface area (Å²) in [5.41, 5.74) is 1.25. The lowest BCUT2D eigenvalue weighted by molar-refractivity contribution is 0.0636. The Bertz CT molecular complexity index is 1340. The molecule has 3 aromatic carbocycles. The van der Waals surface area contributed by atoms with Crippen molar-refractivity contribution in [3.63, 3.8) is 0 Å². The number of amides is 1. The first-order valence-electron chi connectivity index (χ1n) is 10.6. The Balaban J connectivity index is 1.74. The minimum Gasteiger partial charge on any atom is -0.444 e. The minimum absolute atomic E-state index is 0.261. The second-order valence-corrected chi connectivity index (χ2v) is 10.7. The van der Waals surface area contributed by atoms with Crippen LogP contribution in [0.5, 0.6) is 0 Å². The SMILES string of the molecule is CC(C)(C)OC(=O)Nc1ccc2c(Sc3ccccc3Br)cn(Cc3cc(F)cc(F)c3)c2c1. The largest absolute Gasteiger partial charge is 0.444 e. The standard InChI is InChI=1S/C26H23BrF2N2O2S/c1-26(2,3)33-25(32)30-19-8-9-20-22(13-19)31(14-16-10-17(28)12-18(29)11-16)15-24(20)34-23-7-5-4-6-21(23)27/h4-13,15H,14H2,1-3H3,(H,30,32). The summed E-state index contributed by atoms with van der Waals surface area (Å²) < 4.78 is 35.9. The number of carbonyl (C=O) groups excluding carboxylic acids is 1. The third-order valence-electron chi connectivity index (χ3n) is 4.82. The number of halogens is 3. The van der Waals surface area contributed by atoms with Gasteiger partial charge in [-0.3, -0.25) is 5.32 Å². The van der Waals surface area contributed by atoms with Gasteiger partial charge in [0.15, 0.2) is 0 Å². The fourth-order valence-electron chi connectivity index (χ4n) is 3.51. The molecule has 0 saturated heterocycles. The smallest absolute Gasteiger partial charge is 0.412 e. The van der Waals surface area contributed by atoms with E-state index in [1.807, 2.05) is 53.2 Å². The van der Waals surface area contributed by atoms with Gasteiger partial charge < -0.3 is 9.30 Å². The summed E-state index contributed by atoms with van der Waals surface area (Å²) in [6.07, 6.45) is 1.40. The fourth-order valence-corrected chi connectivity index (χ4v) is 5.05. The van der Waals surface area contributed by atoms with Crippen molar-refractivity contribution in [2.24, 2.45) is 0 Å². The molecule has 4 nitrogen and oxygen atoms in total. The van der Waals surface area contributed by atoms with Crippen molar-refractivity contribution in [1.82, 2.24) is 4.57 Å². The highest BCUT2D eigenvalue weighted by Gasteiger charge is 2.18. The molecule has 0 aliphatic heterocycles. The number of benzene rings is 3. The Kier molecular flexibility index (Phi) is 7.00. The Morgan fingerprint density at radius 3 is 2.41 bits per heavy atom. The molecular formula is C26H23BrF2N2O2S. The van der Waals surface area contributed by atoms with Crippen LogP contribution in [0.2, 0.25) is 0 Å². The number of ether oxygens (including phenoxy) is 1. The number of hydrogen-bond donors (Lipinski definition) is 1. The number of rotatable bonds is 5. The van der Waals surface area contributed by atoms with Crippen LogP contribution in [-0.4, -0.2) is 16.3 Å². The number of hydrogen-bond acceptors (Lipinski definition) is 3. The van der Waals surface area contributed by atoms with Crippen LogP contribution in [0, 0.1) is 11.6 Å². The highest BCUT2D eigenvalue weighted by atomic mass is 79.9. The van der Waals surface area contributed by atoms with E-state index in [2.05, 4.69) is 21.2 Å². The molecule has 176 valence electrons. The normalized spacial score (nSPS) is 11.6. The van der Waals surface area contributed by atoms with Gasteiger partial charge >= 0.3 is 6.09 Å². The van der Waals surface area contributed by atoms with Gasteiger partial charge in [-0.2, -0.15) is 0 Å². The molecule has 0 aliphatic carbocycles. The van der Waals surface area contributed by atoms with E-state index in [1.54, 1.807) is 32.5 Å². The van der Waals surface area contributed by atoms with Crippen molar-refractivity contribution in [2.75, 3.05) is 5.32 Å². The Hall–Kier alpha value is -2.84. The number of nitrogens with zero attached hydrogens (tertiary/aromatic N) is 1. The van der Waals surface area contributed by atoms with Gasteiger partial charge in [0.05, 0.1) is 5.52 Å². The van der Waals surface area contributed by atoms with Crippen LogP contribution in [0.25, 0.3) is 10.9 Å².